The standard InChI is InChI=1S/C10H16N2O/c1-9-3-2-4-10(11-9)12-5-7-13-8-6-12/h3H,2,4-8H2,1H3. The van der Waals surface area contributed by atoms with Gasteiger partial charge in [0.25, 0.3) is 0 Å². The molecule has 0 N–H and O–H groups in total. The van der Waals surface area contributed by atoms with E-state index in [4.69, 9.17) is 4.74 Å². The third-order valence-corrected chi connectivity index (χ3v) is 2.49. The van der Waals surface area contributed by atoms with Crippen molar-refractivity contribution in [3.8, 4) is 0 Å². The summed E-state index contributed by atoms with van der Waals surface area (Å²) in [6.07, 6.45) is 4.43. The summed E-state index contributed by atoms with van der Waals surface area (Å²) in [5, 5.41) is 0. The van der Waals surface area contributed by atoms with Crippen LogP contribution in [0.5, 0.6) is 0 Å². The molecule has 0 saturated carbocycles. The Morgan fingerprint density at radius 3 is 2.85 bits per heavy atom. The Bertz CT molecular complexity index is 239. The Hall–Kier alpha value is -0.830. The van der Waals surface area contributed by atoms with Crippen LogP contribution in [0.15, 0.2) is 16.8 Å². The third-order valence-electron chi connectivity index (χ3n) is 2.49. The number of hydrogen-bond donors (Lipinski definition) is 0. The summed E-state index contributed by atoms with van der Waals surface area (Å²) in [5.41, 5.74) is 1.16. The number of amidine groups is 1. The summed E-state index contributed by atoms with van der Waals surface area (Å²) < 4.78 is 5.31. The normalized spacial score (nSPS) is 23.9. The minimum absolute atomic E-state index is 0.849. The molecule has 2 aliphatic heterocycles. The summed E-state index contributed by atoms with van der Waals surface area (Å²) in [5.74, 6) is 1.25. The second-order valence-electron chi connectivity index (χ2n) is 3.51. The van der Waals surface area contributed by atoms with Crippen LogP contribution in [-0.2, 0) is 4.74 Å². The van der Waals surface area contributed by atoms with E-state index in [0.717, 1.165) is 44.8 Å². The Kier molecular flexibility index (Phi) is 2.64. The number of morpholine rings is 1. The highest BCUT2D eigenvalue weighted by Gasteiger charge is 2.15. The van der Waals surface area contributed by atoms with E-state index in [0.29, 0.717) is 0 Å². The monoisotopic (exact) mass is 180 g/mol. The highest BCUT2D eigenvalue weighted by atomic mass is 16.5. The lowest BCUT2D eigenvalue weighted by Crippen LogP contribution is -2.41. The van der Waals surface area contributed by atoms with Crippen molar-refractivity contribution < 1.29 is 4.74 Å². The first-order chi connectivity index (χ1) is 6.36. The van der Waals surface area contributed by atoms with Gasteiger partial charge in [-0.1, -0.05) is 6.08 Å². The largest absolute Gasteiger partial charge is 0.378 e. The van der Waals surface area contributed by atoms with Crippen LogP contribution in [0.2, 0.25) is 0 Å². The van der Waals surface area contributed by atoms with Crippen molar-refractivity contribution in [1.29, 1.82) is 0 Å². The van der Waals surface area contributed by atoms with Gasteiger partial charge >= 0.3 is 0 Å². The zero-order valence-electron chi connectivity index (χ0n) is 8.12. The molecule has 1 fully saturated rings. The number of ether oxygens (including phenoxy) is 1. The maximum Gasteiger partial charge on any atom is 0.105 e. The topological polar surface area (TPSA) is 24.8 Å². The van der Waals surface area contributed by atoms with Crippen molar-refractivity contribution in [2.24, 2.45) is 4.99 Å². The van der Waals surface area contributed by atoms with Crippen LogP contribution in [-0.4, -0.2) is 37.0 Å². The quantitative estimate of drug-likeness (QED) is 0.563. The van der Waals surface area contributed by atoms with Crippen LogP contribution in [0, 0.1) is 0 Å². The molecule has 1 saturated heterocycles. The Balaban J connectivity index is 2.02. The summed E-state index contributed by atoms with van der Waals surface area (Å²) in [6, 6.07) is 0. The van der Waals surface area contributed by atoms with E-state index in [1.807, 2.05) is 0 Å². The molecule has 0 unspecified atom stereocenters. The molecule has 0 aliphatic carbocycles. The van der Waals surface area contributed by atoms with Crippen molar-refractivity contribution in [3.63, 3.8) is 0 Å². The van der Waals surface area contributed by atoms with Gasteiger partial charge in [-0.25, -0.2) is 4.99 Å². The highest BCUT2D eigenvalue weighted by molar-refractivity contribution is 5.84. The molecule has 2 rings (SSSR count). The maximum absolute atomic E-state index is 5.31. The Morgan fingerprint density at radius 2 is 2.15 bits per heavy atom. The van der Waals surface area contributed by atoms with Crippen LogP contribution in [0.4, 0.5) is 0 Å². The van der Waals surface area contributed by atoms with Gasteiger partial charge in [-0.15, -0.1) is 0 Å². The summed E-state index contributed by atoms with van der Waals surface area (Å²) in [7, 11) is 0. The number of allylic oxidation sites excluding steroid dienone is 2. The van der Waals surface area contributed by atoms with Crippen molar-refractivity contribution in [2.75, 3.05) is 26.3 Å². The van der Waals surface area contributed by atoms with E-state index in [1.165, 1.54) is 5.84 Å². The molecule has 0 amide bonds. The zero-order chi connectivity index (χ0) is 9.10. The van der Waals surface area contributed by atoms with Gasteiger partial charge in [0.15, 0.2) is 0 Å². The van der Waals surface area contributed by atoms with E-state index < -0.39 is 0 Å². The van der Waals surface area contributed by atoms with E-state index in [1.54, 1.807) is 0 Å². The zero-order valence-corrected chi connectivity index (χ0v) is 8.12. The molecular formula is C10H16N2O. The highest BCUT2D eigenvalue weighted by Crippen LogP contribution is 2.13. The molecule has 3 nitrogen and oxygen atoms in total. The van der Waals surface area contributed by atoms with Crippen molar-refractivity contribution in [3.05, 3.63) is 11.8 Å². The van der Waals surface area contributed by atoms with E-state index in [-0.39, 0.29) is 0 Å². The van der Waals surface area contributed by atoms with Gasteiger partial charge < -0.3 is 9.64 Å². The molecular weight excluding hydrogens is 164 g/mol. The first-order valence-corrected chi connectivity index (χ1v) is 4.93. The lowest BCUT2D eigenvalue weighted by molar-refractivity contribution is 0.0671. The van der Waals surface area contributed by atoms with Crippen LogP contribution < -0.4 is 0 Å². The fourth-order valence-electron chi connectivity index (χ4n) is 1.77. The van der Waals surface area contributed by atoms with E-state index in [2.05, 4.69) is 22.9 Å². The Morgan fingerprint density at radius 1 is 1.38 bits per heavy atom. The Labute approximate surface area is 79.1 Å². The molecule has 2 heterocycles. The SMILES string of the molecule is CC1=CCCC(N2CCOCC2)=N1. The minimum atomic E-state index is 0.849. The lowest BCUT2D eigenvalue weighted by Gasteiger charge is -2.30. The first kappa shape index (κ1) is 8.75. The van der Waals surface area contributed by atoms with Gasteiger partial charge in [0.1, 0.15) is 5.84 Å². The van der Waals surface area contributed by atoms with Gasteiger partial charge in [0.05, 0.1) is 13.2 Å². The van der Waals surface area contributed by atoms with Gasteiger partial charge in [0.2, 0.25) is 0 Å². The number of rotatable bonds is 0. The molecule has 0 atom stereocenters. The molecule has 0 bridgehead atoms. The maximum atomic E-state index is 5.31. The average Bonchev–Trinajstić information content (AvgIpc) is 2.19. The van der Waals surface area contributed by atoms with Crippen molar-refractivity contribution in [2.45, 2.75) is 19.8 Å². The summed E-state index contributed by atoms with van der Waals surface area (Å²) in [4.78, 5) is 6.90. The third kappa shape index (κ3) is 2.10. The predicted octanol–water partition coefficient (Wildman–Crippen LogP) is 1.41. The van der Waals surface area contributed by atoms with Gasteiger partial charge in [-0.3, -0.25) is 0 Å². The molecule has 0 aromatic carbocycles. The van der Waals surface area contributed by atoms with Crippen LogP contribution in [0.3, 0.4) is 0 Å². The van der Waals surface area contributed by atoms with Gasteiger partial charge in [-0.05, 0) is 13.3 Å². The molecule has 3 heteroatoms. The second-order valence-corrected chi connectivity index (χ2v) is 3.51. The molecule has 0 aromatic heterocycles. The van der Waals surface area contributed by atoms with Gasteiger partial charge in [0, 0.05) is 25.2 Å². The van der Waals surface area contributed by atoms with E-state index >= 15 is 0 Å². The van der Waals surface area contributed by atoms with E-state index in [9.17, 15) is 0 Å². The van der Waals surface area contributed by atoms with Crippen LogP contribution >= 0.6 is 0 Å². The molecule has 0 aromatic rings. The van der Waals surface area contributed by atoms with Crippen LogP contribution in [0.1, 0.15) is 19.8 Å². The summed E-state index contributed by atoms with van der Waals surface area (Å²) >= 11 is 0. The second kappa shape index (κ2) is 3.92. The minimum Gasteiger partial charge on any atom is -0.378 e. The van der Waals surface area contributed by atoms with Crippen LogP contribution in [0.25, 0.3) is 0 Å². The van der Waals surface area contributed by atoms with Gasteiger partial charge in [-0.2, -0.15) is 0 Å². The first-order valence-electron chi connectivity index (χ1n) is 4.93. The molecule has 0 spiro atoms. The number of aliphatic imine (C=N–C) groups is 1. The lowest BCUT2D eigenvalue weighted by atomic mass is 10.2. The van der Waals surface area contributed by atoms with Crippen molar-refractivity contribution in [1.82, 2.24) is 4.90 Å². The number of hydrogen-bond acceptors (Lipinski definition) is 3. The molecule has 0 radical (unpaired) electrons. The molecule has 2 aliphatic rings. The fourth-order valence-corrected chi connectivity index (χ4v) is 1.77. The predicted molar refractivity (Wildman–Crippen MR) is 52.8 cm³/mol. The molecule has 72 valence electrons. The average molecular weight is 180 g/mol. The smallest absolute Gasteiger partial charge is 0.105 e. The molecule has 13 heavy (non-hydrogen) atoms. The fraction of sp³-hybridized carbons (Fsp3) is 0.700. The van der Waals surface area contributed by atoms with Crippen molar-refractivity contribution >= 4 is 5.84 Å². The number of nitrogens with zero attached hydrogens (tertiary/aromatic N) is 2. The summed E-state index contributed by atoms with van der Waals surface area (Å²) in [6.45, 7) is 5.78.